The summed E-state index contributed by atoms with van der Waals surface area (Å²) in [4.78, 5) is 13.9. The third kappa shape index (κ3) is 1.93. The lowest BCUT2D eigenvalue weighted by Crippen LogP contribution is -2.29. The van der Waals surface area contributed by atoms with Crippen LogP contribution in [-0.2, 0) is 11.3 Å². The average molecular weight is 250 g/mol. The largest absolute Gasteiger partial charge is 0.302 e. The lowest BCUT2D eigenvalue weighted by Gasteiger charge is -2.16. The van der Waals surface area contributed by atoms with Crippen molar-refractivity contribution in [3.63, 3.8) is 0 Å². The van der Waals surface area contributed by atoms with Gasteiger partial charge in [-0.3, -0.25) is 10.2 Å². The first-order chi connectivity index (χ1) is 9.16. The molecule has 2 aromatic rings. The monoisotopic (exact) mass is 250 g/mol. The second-order valence-corrected chi connectivity index (χ2v) is 4.77. The van der Waals surface area contributed by atoms with Gasteiger partial charge in [0, 0.05) is 5.56 Å². The molecule has 1 N–H and O–H groups in total. The highest BCUT2D eigenvalue weighted by atomic mass is 16.2. The number of anilines is 1. The molecule has 1 aliphatic heterocycles. The first-order valence-corrected chi connectivity index (χ1v) is 6.22. The van der Waals surface area contributed by atoms with Gasteiger partial charge in [-0.1, -0.05) is 42.0 Å². The lowest BCUT2D eigenvalue weighted by molar-refractivity contribution is -0.112. The van der Waals surface area contributed by atoms with Crippen LogP contribution in [0.4, 0.5) is 5.69 Å². The Hall–Kier alpha value is -2.42. The van der Waals surface area contributed by atoms with E-state index in [-0.39, 0.29) is 11.6 Å². The summed E-state index contributed by atoms with van der Waals surface area (Å²) in [5, 5.41) is 7.94. The fraction of sp³-hybridized carbons (Fsp3) is 0.125. The molecule has 1 amide bonds. The number of aryl methyl sites for hydroxylation is 1. The van der Waals surface area contributed by atoms with E-state index in [9.17, 15) is 4.79 Å². The maximum Gasteiger partial charge on any atom is 0.277 e. The van der Waals surface area contributed by atoms with Crippen molar-refractivity contribution in [2.75, 3.05) is 4.90 Å². The summed E-state index contributed by atoms with van der Waals surface area (Å²) in [5.41, 5.74) is 3.80. The standard InChI is InChI=1S/C16H14N2O/c1-11-7-8-14-13(9-11)15(17)16(19)18(14)10-12-5-3-2-4-6-12/h2-9,17H,10H2,1H3. The van der Waals surface area contributed by atoms with Gasteiger partial charge in [0.1, 0.15) is 5.71 Å². The first-order valence-electron chi connectivity index (χ1n) is 6.22. The number of carbonyl (C=O) groups is 1. The summed E-state index contributed by atoms with van der Waals surface area (Å²) in [6, 6.07) is 15.6. The van der Waals surface area contributed by atoms with Crippen LogP contribution in [0.15, 0.2) is 48.5 Å². The van der Waals surface area contributed by atoms with Gasteiger partial charge in [0.25, 0.3) is 5.91 Å². The number of amides is 1. The summed E-state index contributed by atoms with van der Waals surface area (Å²) >= 11 is 0. The molecule has 1 aliphatic rings. The van der Waals surface area contributed by atoms with Gasteiger partial charge < -0.3 is 4.90 Å². The lowest BCUT2D eigenvalue weighted by atomic mass is 10.1. The summed E-state index contributed by atoms with van der Waals surface area (Å²) in [5.74, 6) is -0.218. The molecule has 0 atom stereocenters. The van der Waals surface area contributed by atoms with E-state index < -0.39 is 0 Å². The topological polar surface area (TPSA) is 44.2 Å². The zero-order chi connectivity index (χ0) is 13.4. The molecule has 0 aromatic heterocycles. The van der Waals surface area contributed by atoms with Gasteiger partial charge >= 0.3 is 0 Å². The Morgan fingerprint density at radius 1 is 1.11 bits per heavy atom. The van der Waals surface area contributed by atoms with Crippen LogP contribution in [0.25, 0.3) is 0 Å². The van der Waals surface area contributed by atoms with Crippen LogP contribution in [0.2, 0.25) is 0 Å². The smallest absolute Gasteiger partial charge is 0.277 e. The van der Waals surface area contributed by atoms with Crippen molar-refractivity contribution in [3.8, 4) is 0 Å². The molecule has 3 nitrogen and oxygen atoms in total. The van der Waals surface area contributed by atoms with Crippen LogP contribution in [0, 0.1) is 12.3 Å². The summed E-state index contributed by atoms with van der Waals surface area (Å²) in [6.45, 7) is 2.48. The van der Waals surface area contributed by atoms with Gasteiger partial charge in [0.2, 0.25) is 0 Å². The van der Waals surface area contributed by atoms with Gasteiger partial charge in [-0.05, 0) is 24.6 Å². The van der Waals surface area contributed by atoms with E-state index in [1.807, 2.05) is 55.5 Å². The van der Waals surface area contributed by atoms with Crippen molar-refractivity contribution in [1.82, 2.24) is 0 Å². The summed E-state index contributed by atoms with van der Waals surface area (Å²) in [6.07, 6.45) is 0. The van der Waals surface area contributed by atoms with E-state index in [1.165, 1.54) is 0 Å². The second kappa shape index (κ2) is 4.35. The Morgan fingerprint density at radius 3 is 2.58 bits per heavy atom. The van der Waals surface area contributed by atoms with Gasteiger partial charge in [-0.25, -0.2) is 0 Å². The van der Waals surface area contributed by atoms with Gasteiger partial charge in [-0.2, -0.15) is 0 Å². The Balaban J connectivity index is 2.00. The molecule has 1 heterocycles. The molecule has 0 saturated carbocycles. The van der Waals surface area contributed by atoms with E-state index in [0.29, 0.717) is 6.54 Å². The van der Waals surface area contributed by atoms with Gasteiger partial charge in [-0.15, -0.1) is 0 Å². The first kappa shape index (κ1) is 11.7. The average Bonchev–Trinajstić information content (AvgIpc) is 2.65. The minimum absolute atomic E-state index is 0.0923. The number of nitrogens with one attached hydrogen (secondary N) is 1. The summed E-state index contributed by atoms with van der Waals surface area (Å²) in [7, 11) is 0. The molecule has 19 heavy (non-hydrogen) atoms. The second-order valence-electron chi connectivity index (χ2n) is 4.77. The highest BCUT2D eigenvalue weighted by Crippen LogP contribution is 2.30. The maximum atomic E-state index is 12.2. The molecule has 0 saturated heterocycles. The summed E-state index contributed by atoms with van der Waals surface area (Å²) < 4.78 is 0. The van der Waals surface area contributed by atoms with Crippen molar-refractivity contribution >= 4 is 17.3 Å². The third-order valence-electron chi connectivity index (χ3n) is 3.35. The molecular formula is C16H14N2O. The van der Waals surface area contributed by atoms with Crippen molar-refractivity contribution in [1.29, 1.82) is 5.41 Å². The zero-order valence-corrected chi connectivity index (χ0v) is 10.7. The number of rotatable bonds is 2. The molecule has 0 aliphatic carbocycles. The molecule has 0 fully saturated rings. The molecule has 94 valence electrons. The van der Waals surface area contributed by atoms with Gasteiger partial charge in [0.05, 0.1) is 12.2 Å². The maximum absolute atomic E-state index is 12.2. The van der Waals surface area contributed by atoms with E-state index in [0.717, 1.165) is 22.4 Å². The number of carbonyl (C=O) groups excluding carboxylic acids is 1. The predicted molar refractivity (Wildman–Crippen MR) is 75.6 cm³/mol. The molecule has 0 spiro atoms. The van der Waals surface area contributed by atoms with E-state index >= 15 is 0 Å². The van der Waals surface area contributed by atoms with Crippen LogP contribution in [0.5, 0.6) is 0 Å². The molecule has 3 heteroatoms. The SMILES string of the molecule is Cc1ccc2c(c1)C(=N)C(=O)N2Cc1ccccc1. The molecule has 0 bridgehead atoms. The van der Waals surface area contributed by atoms with E-state index in [2.05, 4.69) is 0 Å². The van der Waals surface area contributed by atoms with Crippen LogP contribution < -0.4 is 4.90 Å². The fourth-order valence-corrected chi connectivity index (χ4v) is 2.37. The Labute approximate surface area is 112 Å². The molecule has 3 rings (SSSR count). The van der Waals surface area contributed by atoms with Crippen molar-refractivity contribution in [2.45, 2.75) is 13.5 Å². The minimum Gasteiger partial charge on any atom is -0.302 e. The van der Waals surface area contributed by atoms with Crippen LogP contribution in [0.3, 0.4) is 0 Å². The Kier molecular flexibility index (Phi) is 2.67. The Bertz CT molecular complexity index is 662. The number of fused-ring (bicyclic) bond motifs is 1. The Morgan fingerprint density at radius 2 is 1.84 bits per heavy atom. The van der Waals surface area contributed by atoms with Crippen molar-refractivity contribution < 1.29 is 4.79 Å². The normalized spacial score (nSPS) is 13.8. The highest BCUT2D eigenvalue weighted by molar-refractivity contribution is 6.53. The van der Waals surface area contributed by atoms with Crippen LogP contribution in [0.1, 0.15) is 16.7 Å². The van der Waals surface area contributed by atoms with Crippen molar-refractivity contribution in [3.05, 3.63) is 65.2 Å². The molecule has 2 aromatic carbocycles. The number of hydrogen-bond acceptors (Lipinski definition) is 2. The number of hydrogen-bond donors (Lipinski definition) is 1. The van der Waals surface area contributed by atoms with Gasteiger partial charge in [0.15, 0.2) is 0 Å². The highest BCUT2D eigenvalue weighted by Gasteiger charge is 2.32. The minimum atomic E-state index is -0.218. The number of nitrogens with zero attached hydrogens (tertiary/aromatic N) is 1. The fourth-order valence-electron chi connectivity index (χ4n) is 2.37. The van der Waals surface area contributed by atoms with E-state index in [1.54, 1.807) is 4.90 Å². The number of benzene rings is 2. The third-order valence-corrected chi connectivity index (χ3v) is 3.35. The van der Waals surface area contributed by atoms with Crippen molar-refractivity contribution in [2.24, 2.45) is 0 Å². The van der Waals surface area contributed by atoms with E-state index in [4.69, 9.17) is 5.41 Å². The molecular weight excluding hydrogens is 236 g/mol. The predicted octanol–water partition coefficient (Wildman–Crippen LogP) is 2.91. The quantitative estimate of drug-likeness (QED) is 0.875. The zero-order valence-electron chi connectivity index (χ0n) is 10.7. The van der Waals surface area contributed by atoms with Crippen LogP contribution >= 0.6 is 0 Å². The molecule has 0 unspecified atom stereocenters. The van der Waals surface area contributed by atoms with Crippen LogP contribution in [-0.4, -0.2) is 11.6 Å². The molecule has 0 radical (unpaired) electrons.